The molecular formula is C14H19N. The van der Waals surface area contributed by atoms with Crippen LogP contribution in [0.3, 0.4) is 0 Å². The predicted molar refractivity (Wildman–Crippen MR) is 64.6 cm³/mol. The topological polar surface area (TPSA) is 3.24 Å². The number of piperidine rings is 1. The molecule has 1 fully saturated rings. The van der Waals surface area contributed by atoms with E-state index in [-0.39, 0.29) is 0 Å². The molecule has 1 aliphatic rings. The van der Waals surface area contributed by atoms with Crippen molar-refractivity contribution in [2.24, 2.45) is 5.92 Å². The third-order valence-electron chi connectivity index (χ3n) is 3.23. The Bertz CT molecular complexity index is 328. The van der Waals surface area contributed by atoms with Crippen molar-refractivity contribution in [2.45, 2.75) is 19.9 Å². The van der Waals surface area contributed by atoms with Crippen LogP contribution in [0.2, 0.25) is 0 Å². The third kappa shape index (κ3) is 2.69. The molecular weight excluding hydrogens is 182 g/mol. The Balaban J connectivity index is 1.94. The fourth-order valence-electron chi connectivity index (χ4n) is 2.14. The third-order valence-corrected chi connectivity index (χ3v) is 3.23. The van der Waals surface area contributed by atoms with Gasteiger partial charge < -0.3 is 0 Å². The Morgan fingerprint density at radius 2 is 2.07 bits per heavy atom. The summed E-state index contributed by atoms with van der Waals surface area (Å²) in [4.78, 5) is 2.52. The zero-order valence-corrected chi connectivity index (χ0v) is 9.45. The molecule has 1 atom stereocenters. The van der Waals surface area contributed by atoms with Gasteiger partial charge in [0.05, 0.1) is 0 Å². The van der Waals surface area contributed by atoms with Crippen molar-refractivity contribution < 1.29 is 0 Å². The Morgan fingerprint density at radius 3 is 2.73 bits per heavy atom. The summed E-state index contributed by atoms with van der Waals surface area (Å²) in [5.74, 6) is 0.655. The highest BCUT2D eigenvalue weighted by molar-refractivity contribution is 5.15. The normalized spacial score (nSPS) is 23.0. The molecule has 0 radical (unpaired) electrons. The summed E-state index contributed by atoms with van der Waals surface area (Å²) in [5, 5.41) is 0. The molecule has 0 amide bonds. The van der Waals surface area contributed by atoms with Crippen molar-refractivity contribution in [3.8, 4) is 0 Å². The minimum Gasteiger partial charge on any atom is -0.298 e. The van der Waals surface area contributed by atoms with Crippen LogP contribution in [0.25, 0.3) is 0 Å². The summed E-state index contributed by atoms with van der Waals surface area (Å²) in [5.41, 5.74) is 2.83. The molecule has 0 aromatic heterocycles. The average molecular weight is 201 g/mol. The van der Waals surface area contributed by atoms with Gasteiger partial charge in [-0.15, -0.1) is 0 Å². The smallest absolute Gasteiger partial charge is 0.0234 e. The summed E-state index contributed by atoms with van der Waals surface area (Å²) in [7, 11) is 0. The van der Waals surface area contributed by atoms with Crippen molar-refractivity contribution in [3.05, 3.63) is 48.0 Å². The first-order valence-electron chi connectivity index (χ1n) is 5.69. The molecule has 0 saturated carbocycles. The van der Waals surface area contributed by atoms with E-state index in [0.717, 1.165) is 26.1 Å². The highest BCUT2D eigenvalue weighted by atomic mass is 15.1. The SMILES string of the molecule is C=C1CCN(Cc2ccccc2)C[C@H]1C. The number of benzene rings is 1. The van der Waals surface area contributed by atoms with E-state index in [1.165, 1.54) is 11.1 Å². The second kappa shape index (κ2) is 4.63. The maximum absolute atomic E-state index is 4.11. The largest absolute Gasteiger partial charge is 0.298 e. The first kappa shape index (κ1) is 10.4. The van der Waals surface area contributed by atoms with Gasteiger partial charge in [0.15, 0.2) is 0 Å². The summed E-state index contributed by atoms with van der Waals surface area (Å²) in [6, 6.07) is 10.7. The van der Waals surface area contributed by atoms with Gasteiger partial charge in [0.1, 0.15) is 0 Å². The van der Waals surface area contributed by atoms with Gasteiger partial charge in [0.2, 0.25) is 0 Å². The summed E-state index contributed by atoms with van der Waals surface area (Å²) >= 11 is 0. The van der Waals surface area contributed by atoms with Crippen molar-refractivity contribution in [3.63, 3.8) is 0 Å². The van der Waals surface area contributed by atoms with E-state index >= 15 is 0 Å². The maximum atomic E-state index is 4.11. The number of hydrogen-bond acceptors (Lipinski definition) is 1. The molecule has 1 aromatic carbocycles. The summed E-state index contributed by atoms with van der Waals surface area (Å²) in [6.07, 6.45) is 1.16. The van der Waals surface area contributed by atoms with Crippen LogP contribution in [0.4, 0.5) is 0 Å². The fraction of sp³-hybridized carbons (Fsp3) is 0.429. The van der Waals surface area contributed by atoms with E-state index in [0.29, 0.717) is 5.92 Å². The van der Waals surface area contributed by atoms with Gasteiger partial charge in [0, 0.05) is 19.6 Å². The van der Waals surface area contributed by atoms with E-state index in [9.17, 15) is 0 Å². The summed E-state index contributed by atoms with van der Waals surface area (Å²) in [6.45, 7) is 9.79. The molecule has 0 unspecified atom stereocenters. The second-order valence-corrected chi connectivity index (χ2v) is 4.53. The highest BCUT2D eigenvalue weighted by Crippen LogP contribution is 2.21. The number of hydrogen-bond donors (Lipinski definition) is 0. The van der Waals surface area contributed by atoms with Crippen LogP contribution in [0, 0.1) is 5.92 Å². The molecule has 1 saturated heterocycles. The lowest BCUT2D eigenvalue weighted by Gasteiger charge is -2.32. The van der Waals surface area contributed by atoms with E-state index in [2.05, 4.69) is 48.7 Å². The Labute approximate surface area is 92.4 Å². The van der Waals surface area contributed by atoms with E-state index < -0.39 is 0 Å². The van der Waals surface area contributed by atoms with Gasteiger partial charge in [-0.1, -0.05) is 49.4 Å². The molecule has 1 heterocycles. The van der Waals surface area contributed by atoms with E-state index in [1.807, 2.05) is 0 Å². The molecule has 2 rings (SSSR count). The van der Waals surface area contributed by atoms with Crippen LogP contribution in [0.5, 0.6) is 0 Å². The molecule has 1 aliphatic heterocycles. The lowest BCUT2D eigenvalue weighted by Crippen LogP contribution is -2.34. The van der Waals surface area contributed by atoms with Gasteiger partial charge in [-0.05, 0) is 17.9 Å². The van der Waals surface area contributed by atoms with Gasteiger partial charge in [0.25, 0.3) is 0 Å². The van der Waals surface area contributed by atoms with Gasteiger partial charge in [-0.3, -0.25) is 4.90 Å². The minimum absolute atomic E-state index is 0.655. The van der Waals surface area contributed by atoms with Crippen LogP contribution >= 0.6 is 0 Å². The molecule has 1 aromatic rings. The van der Waals surface area contributed by atoms with Crippen LogP contribution < -0.4 is 0 Å². The van der Waals surface area contributed by atoms with Crippen LogP contribution in [0.1, 0.15) is 18.9 Å². The van der Waals surface area contributed by atoms with Gasteiger partial charge in [-0.2, -0.15) is 0 Å². The Hall–Kier alpha value is -1.08. The average Bonchev–Trinajstić information content (AvgIpc) is 2.25. The van der Waals surface area contributed by atoms with Crippen LogP contribution in [-0.2, 0) is 6.54 Å². The maximum Gasteiger partial charge on any atom is 0.0234 e. The molecule has 0 spiro atoms. The molecule has 0 aliphatic carbocycles. The van der Waals surface area contributed by atoms with Gasteiger partial charge >= 0.3 is 0 Å². The van der Waals surface area contributed by atoms with E-state index in [1.54, 1.807) is 0 Å². The molecule has 0 N–H and O–H groups in total. The number of nitrogens with zero attached hydrogens (tertiary/aromatic N) is 1. The quantitative estimate of drug-likeness (QED) is 0.665. The molecule has 1 nitrogen and oxygen atoms in total. The van der Waals surface area contributed by atoms with E-state index in [4.69, 9.17) is 0 Å². The van der Waals surface area contributed by atoms with Crippen LogP contribution in [-0.4, -0.2) is 18.0 Å². The Morgan fingerprint density at radius 1 is 1.33 bits per heavy atom. The zero-order valence-electron chi connectivity index (χ0n) is 9.45. The second-order valence-electron chi connectivity index (χ2n) is 4.53. The van der Waals surface area contributed by atoms with Crippen molar-refractivity contribution in [2.75, 3.05) is 13.1 Å². The monoisotopic (exact) mass is 201 g/mol. The molecule has 80 valence electrons. The summed E-state index contributed by atoms with van der Waals surface area (Å²) < 4.78 is 0. The minimum atomic E-state index is 0.655. The fourth-order valence-corrected chi connectivity index (χ4v) is 2.14. The number of rotatable bonds is 2. The zero-order chi connectivity index (χ0) is 10.7. The molecule has 0 bridgehead atoms. The van der Waals surface area contributed by atoms with Gasteiger partial charge in [-0.25, -0.2) is 0 Å². The first-order valence-corrected chi connectivity index (χ1v) is 5.69. The first-order chi connectivity index (χ1) is 7.25. The molecule has 15 heavy (non-hydrogen) atoms. The lowest BCUT2D eigenvalue weighted by atomic mass is 9.94. The lowest BCUT2D eigenvalue weighted by molar-refractivity contribution is 0.213. The van der Waals surface area contributed by atoms with Crippen molar-refractivity contribution in [1.29, 1.82) is 0 Å². The Kier molecular flexibility index (Phi) is 3.22. The van der Waals surface area contributed by atoms with Crippen molar-refractivity contribution in [1.82, 2.24) is 4.90 Å². The van der Waals surface area contributed by atoms with Crippen LogP contribution in [0.15, 0.2) is 42.5 Å². The highest BCUT2D eigenvalue weighted by Gasteiger charge is 2.18. The predicted octanol–water partition coefficient (Wildman–Crippen LogP) is 3.08. The number of likely N-dealkylation sites (tertiary alicyclic amines) is 1. The standard InChI is InChI=1S/C14H19N/c1-12-8-9-15(10-13(12)2)11-14-6-4-3-5-7-14/h3-7,13H,1,8-11H2,2H3/t13-/m1/s1. The van der Waals surface area contributed by atoms with Crippen molar-refractivity contribution >= 4 is 0 Å². The molecule has 1 heteroatoms.